The van der Waals surface area contributed by atoms with Crippen LogP contribution >= 0.6 is 15.9 Å². The van der Waals surface area contributed by atoms with Gasteiger partial charge in [-0.1, -0.05) is 28.1 Å². The highest BCUT2D eigenvalue weighted by atomic mass is 79.9. The van der Waals surface area contributed by atoms with Crippen molar-refractivity contribution in [2.24, 2.45) is 0 Å². The second-order valence-corrected chi connectivity index (χ2v) is 5.76. The first-order chi connectivity index (χ1) is 10.5. The maximum Gasteiger partial charge on any atom is 0.335 e. The molecule has 3 aromatic rings. The van der Waals surface area contributed by atoms with Gasteiger partial charge in [0.15, 0.2) is 0 Å². The molecule has 110 valence electrons. The van der Waals surface area contributed by atoms with E-state index in [9.17, 15) is 9.59 Å². The van der Waals surface area contributed by atoms with Gasteiger partial charge < -0.3 is 5.11 Å². The average molecular weight is 359 g/mol. The van der Waals surface area contributed by atoms with Crippen molar-refractivity contribution in [1.82, 2.24) is 9.55 Å². The van der Waals surface area contributed by atoms with Crippen molar-refractivity contribution in [2.45, 2.75) is 6.54 Å². The molecular formula is C16H11BrN2O3. The Hall–Kier alpha value is -2.47. The van der Waals surface area contributed by atoms with Crippen LogP contribution < -0.4 is 5.56 Å². The van der Waals surface area contributed by atoms with Crippen LogP contribution in [0.2, 0.25) is 0 Å². The number of hydrogen-bond acceptors (Lipinski definition) is 3. The van der Waals surface area contributed by atoms with Gasteiger partial charge in [-0.25, -0.2) is 9.78 Å². The summed E-state index contributed by atoms with van der Waals surface area (Å²) < 4.78 is 2.40. The molecule has 0 aliphatic rings. The molecule has 0 unspecified atom stereocenters. The van der Waals surface area contributed by atoms with Gasteiger partial charge in [0.1, 0.15) is 0 Å². The standard InChI is InChI=1S/C16H11BrN2O3/c17-12-3-1-2-10(6-12)8-19-9-18-14-5-4-11(16(21)22)7-13(14)15(19)20/h1-7,9H,8H2,(H,21,22). The normalized spacial score (nSPS) is 10.8. The molecule has 0 atom stereocenters. The lowest BCUT2D eigenvalue weighted by atomic mass is 10.1. The van der Waals surface area contributed by atoms with Crippen molar-refractivity contribution in [3.8, 4) is 0 Å². The van der Waals surface area contributed by atoms with Crippen LogP contribution in [-0.2, 0) is 6.54 Å². The molecule has 3 rings (SSSR count). The fourth-order valence-electron chi connectivity index (χ4n) is 2.24. The van der Waals surface area contributed by atoms with Crippen LogP contribution in [-0.4, -0.2) is 20.6 Å². The predicted molar refractivity (Wildman–Crippen MR) is 86.2 cm³/mol. The lowest BCUT2D eigenvalue weighted by molar-refractivity contribution is 0.0697. The maximum atomic E-state index is 12.5. The van der Waals surface area contributed by atoms with E-state index >= 15 is 0 Å². The SMILES string of the molecule is O=C(O)c1ccc2ncn(Cc3cccc(Br)c3)c(=O)c2c1. The van der Waals surface area contributed by atoms with Crippen LogP contribution in [0.15, 0.2) is 58.1 Å². The number of aromatic carboxylic acids is 1. The summed E-state index contributed by atoms with van der Waals surface area (Å²) in [5, 5.41) is 9.34. The number of aromatic nitrogens is 2. The molecule has 0 radical (unpaired) electrons. The Morgan fingerprint density at radius 3 is 2.77 bits per heavy atom. The number of carbonyl (C=O) groups is 1. The Morgan fingerprint density at radius 2 is 2.05 bits per heavy atom. The Bertz CT molecular complexity index is 934. The third kappa shape index (κ3) is 2.78. The van der Waals surface area contributed by atoms with E-state index in [1.165, 1.54) is 23.0 Å². The monoisotopic (exact) mass is 358 g/mol. The molecule has 2 aromatic carbocycles. The topological polar surface area (TPSA) is 72.2 Å². The molecule has 1 aromatic heterocycles. The zero-order valence-electron chi connectivity index (χ0n) is 11.4. The largest absolute Gasteiger partial charge is 0.478 e. The first-order valence-corrected chi connectivity index (χ1v) is 7.31. The molecule has 1 heterocycles. The molecule has 6 heteroatoms. The van der Waals surface area contributed by atoms with E-state index in [0.717, 1.165) is 10.0 Å². The summed E-state index contributed by atoms with van der Waals surface area (Å²) in [4.78, 5) is 27.8. The van der Waals surface area contributed by atoms with E-state index in [4.69, 9.17) is 5.11 Å². The van der Waals surface area contributed by atoms with Gasteiger partial charge in [-0.15, -0.1) is 0 Å². The second-order valence-electron chi connectivity index (χ2n) is 4.84. The van der Waals surface area contributed by atoms with Gasteiger partial charge >= 0.3 is 5.97 Å². The van der Waals surface area contributed by atoms with Gasteiger partial charge in [-0.05, 0) is 35.9 Å². The molecule has 0 saturated heterocycles. The molecule has 0 amide bonds. The maximum absolute atomic E-state index is 12.5. The average Bonchev–Trinajstić information content (AvgIpc) is 2.50. The number of halogens is 1. The number of carboxylic acid groups (broad SMARTS) is 1. The number of rotatable bonds is 3. The highest BCUT2D eigenvalue weighted by Crippen LogP contribution is 2.13. The van der Waals surface area contributed by atoms with Crippen LogP contribution in [0.1, 0.15) is 15.9 Å². The number of hydrogen-bond donors (Lipinski definition) is 1. The number of nitrogens with zero attached hydrogens (tertiary/aromatic N) is 2. The molecule has 0 aliphatic carbocycles. The van der Waals surface area contributed by atoms with Gasteiger partial charge in [0.25, 0.3) is 5.56 Å². The van der Waals surface area contributed by atoms with Crippen molar-refractivity contribution in [1.29, 1.82) is 0 Å². The van der Waals surface area contributed by atoms with Gasteiger partial charge in [0.05, 0.1) is 29.3 Å². The first-order valence-electron chi connectivity index (χ1n) is 6.51. The first kappa shape index (κ1) is 14.5. The third-order valence-electron chi connectivity index (χ3n) is 3.31. The van der Waals surface area contributed by atoms with Crippen molar-refractivity contribution < 1.29 is 9.90 Å². The number of fused-ring (bicyclic) bond motifs is 1. The number of benzene rings is 2. The summed E-state index contributed by atoms with van der Waals surface area (Å²) in [6.07, 6.45) is 1.48. The zero-order valence-corrected chi connectivity index (χ0v) is 12.9. The number of carboxylic acids is 1. The van der Waals surface area contributed by atoms with E-state index in [1.807, 2.05) is 24.3 Å². The smallest absolute Gasteiger partial charge is 0.335 e. The molecule has 0 spiro atoms. The molecule has 0 fully saturated rings. The lowest BCUT2D eigenvalue weighted by Gasteiger charge is -2.07. The van der Waals surface area contributed by atoms with E-state index in [0.29, 0.717) is 17.4 Å². The van der Waals surface area contributed by atoms with Gasteiger partial charge in [0, 0.05) is 4.47 Å². The summed E-state index contributed by atoms with van der Waals surface area (Å²) in [6.45, 7) is 0.374. The van der Waals surface area contributed by atoms with Crippen molar-refractivity contribution in [3.05, 3.63) is 74.7 Å². The minimum Gasteiger partial charge on any atom is -0.478 e. The third-order valence-corrected chi connectivity index (χ3v) is 3.81. The van der Waals surface area contributed by atoms with Gasteiger partial charge in [0.2, 0.25) is 0 Å². The fraction of sp³-hybridized carbons (Fsp3) is 0.0625. The van der Waals surface area contributed by atoms with Crippen LogP contribution in [0.4, 0.5) is 0 Å². The highest BCUT2D eigenvalue weighted by molar-refractivity contribution is 9.10. The van der Waals surface area contributed by atoms with E-state index in [-0.39, 0.29) is 11.1 Å². The quantitative estimate of drug-likeness (QED) is 0.781. The van der Waals surface area contributed by atoms with E-state index in [2.05, 4.69) is 20.9 Å². The molecule has 0 saturated carbocycles. The minimum absolute atomic E-state index is 0.0756. The fourth-order valence-corrected chi connectivity index (χ4v) is 2.68. The molecule has 1 N–H and O–H groups in total. The van der Waals surface area contributed by atoms with Crippen LogP contribution in [0, 0.1) is 0 Å². The van der Waals surface area contributed by atoms with Crippen LogP contribution in [0.5, 0.6) is 0 Å². The van der Waals surface area contributed by atoms with Gasteiger partial charge in [-0.3, -0.25) is 9.36 Å². The second kappa shape index (κ2) is 5.73. The molecule has 5 nitrogen and oxygen atoms in total. The molecule has 22 heavy (non-hydrogen) atoms. The predicted octanol–water partition coefficient (Wildman–Crippen LogP) is 2.91. The van der Waals surface area contributed by atoms with E-state index in [1.54, 1.807) is 6.07 Å². The van der Waals surface area contributed by atoms with E-state index < -0.39 is 5.97 Å². The summed E-state index contributed by atoms with van der Waals surface area (Å²) >= 11 is 3.39. The Balaban J connectivity index is 2.09. The Morgan fingerprint density at radius 1 is 1.23 bits per heavy atom. The molecule has 0 bridgehead atoms. The van der Waals surface area contributed by atoms with Gasteiger partial charge in [-0.2, -0.15) is 0 Å². The Kier molecular flexibility index (Phi) is 3.77. The van der Waals surface area contributed by atoms with Crippen molar-refractivity contribution in [2.75, 3.05) is 0 Å². The van der Waals surface area contributed by atoms with Crippen LogP contribution in [0.3, 0.4) is 0 Å². The lowest BCUT2D eigenvalue weighted by Crippen LogP contribution is -2.21. The summed E-state index contributed by atoms with van der Waals surface area (Å²) in [5.74, 6) is -1.07. The summed E-state index contributed by atoms with van der Waals surface area (Å²) in [5.41, 5.74) is 1.26. The van der Waals surface area contributed by atoms with Crippen molar-refractivity contribution in [3.63, 3.8) is 0 Å². The Labute approximate surface area is 134 Å². The minimum atomic E-state index is -1.07. The van der Waals surface area contributed by atoms with Crippen molar-refractivity contribution >= 4 is 32.8 Å². The highest BCUT2D eigenvalue weighted by Gasteiger charge is 2.09. The molecular weight excluding hydrogens is 348 g/mol. The summed E-state index contributed by atoms with van der Waals surface area (Å²) in [7, 11) is 0. The van der Waals surface area contributed by atoms with Crippen LogP contribution in [0.25, 0.3) is 10.9 Å². The zero-order chi connectivity index (χ0) is 15.7. The molecule has 0 aliphatic heterocycles. The summed E-state index contributed by atoms with van der Waals surface area (Å²) in [6, 6.07) is 12.0.